The molecule has 0 aliphatic carbocycles. The van der Waals surface area contributed by atoms with E-state index in [9.17, 15) is 0 Å². The Bertz CT molecular complexity index is 275. The highest BCUT2D eigenvalue weighted by Gasteiger charge is 1.95. The van der Waals surface area contributed by atoms with Gasteiger partial charge in [0.15, 0.2) is 0 Å². The van der Waals surface area contributed by atoms with Gasteiger partial charge in [0.1, 0.15) is 6.07 Å². The minimum atomic E-state index is 0.329. The predicted molar refractivity (Wildman–Crippen MR) is 42.5 cm³/mol. The van der Waals surface area contributed by atoms with Crippen LogP contribution in [0, 0.1) is 11.3 Å². The van der Waals surface area contributed by atoms with Gasteiger partial charge in [-0.2, -0.15) is 5.26 Å². The Morgan fingerprint density at radius 3 is 2.67 bits per heavy atom. The van der Waals surface area contributed by atoms with Gasteiger partial charge in [0.2, 0.25) is 0 Å². The lowest BCUT2D eigenvalue weighted by Gasteiger charge is -1.99. The Kier molecular flexibility index (Phi) is 3.03. The van der Waals surface area contributed by atoms with Crippen LogP contribution in [0.5, 0.6) is 6.01 Å². The highest BCUT2D eigenvalue weighted by Crippen LogP contribution is 2.01. The van der Waals surface area contributed by atoms with E-state index < -0.39 is 0 Å². The normalized spacial score (nSPS) is 9.00. The van der Waals surface area contributed by atoms with Crippen molar-refractivity contribution < 1.29 is 4.74 Å². The van der Waals surface area contributed by atoms with Gasteiger partial charge < -0.3 is 4.74 Å². The third kappa shape index (κ3) is 2.20. The highest BCUT2D eigenvalue weighted by molar-refractivity contribution is 5.22. The summed E-state index contributed by atoms with van der Waals surface area (Å²) >= 11 is 0. The molecule has 0 aliphatic rings. The van der Waals surface area contributed by atoms with E-state index in [0.717, 1.165) is 6.42 Å². The Morgan fingerprint density at radius 2 is 2.17 bits per heavy atom. The molecule has 0 aromatic carbocycles. The fourth-order valence-corrected chi connectivity index (χ4v) is 0.642. The average Bonchev–Trinajstić information content (AvgIpc) is 2.15. The zero-order chi connectivity index (χ0) is 8.81. The number of nitriles is 1. The topological polar surface area (TPSA) is 58.8 Å². The molecule has 12 heavy (non-hydrogen) atoms. The van der Waals surface area contributed by atoms with E-state index in [1.807, 2.05) is 13.0 Å². The Labute approximate surface area is 70.8 Å². The first kappa shape index (κ1) is 8.47. The smallest absolute Gasteiger partial charge is 0.316 e. The van der Waals surface area contributed by atoms with Gasteiger partial charge in [-0.1, -0.05) is 6.92 Å². The van der Waals surface area contributed by atoms with Crippen molar-refractivity contribution in [2.75, 3.05) is 6.61 Å². The summed E-state index contributed by atoms with van der Waals surface area (Å²) in [4.78, 5) is 7.66. The van der Waals surface area contributed by atoms with Crippen molar-refractivity contribution in [3.63, 3.8) is 0 Å². The van der Waals surface area contributed by atoms with Gasteiger partial charge in [-0.25, -0.2) is 9.97 Å². The van der Waals surface area contributed by atoms with Crippen LogP contribution < -0.4 is 4.74 Å². The van der Waals surface area contributed by atoms with Gasteiger partial charge in [0.25, 0.3) is 0 Å². The van der Waals surface area contributed by atoms with Crippen LogP contribution in [0.25, 0.3) is 0 Å². The number of rotatable bonds is 3. The summed E-state index contributed by atoms with van der Waals surface area (Å²) in [7, 11) is 0. The van der Waals surface area contributed by atoms with Crippen molar-refractivity contribution >= 4 is 0 Å². The third-order valence-corrected chi connectivity index (χ3v) is 1.19. The second-order valence-electron chi connectivity index (χ2n) is 2.21. The molecule has 0 fully saturated rings. The molecule has 0 bridgehead atoms. The lowest BCUT2D eigenvalue weighted by Crippen LogP contribution is -1.99. The summed E-state index contributed by atoms with van der Waals surface area (Å²) < 4.78 is 5.12. The molecule has 1 heterocycles. The van der Waals surface area contributed by atoms with E-state index in [1.54, 1.807) is 0 Å². The van der Waals surface area contributed by atoms with Gasteiger partial charge in [-0.3, -0.25) is 0 Å². The number of nitrogens with zero attached hydrogens (tertiary/aromatic N) is 3. The number of hydrogen-bond acceptors (Lipinski definition) is 4. The number of ether oxygens (including phenoxy) is 1. The first-order chi connectivity index (χ1) is 5.86. The van der Waals surface area contributed by atoms with E-state index >= 15 is 0 Å². The van der Waals surface area contributed by atoms with E-state index in [-0.39, 0.29) is 0 Å². The minimum Gasteiger partial charge on any atom is -0.463 e. The van der Waals surface area contributed by atoms with Gasteiger partial charge in [0.05, 0.1) is 24.6 Å². The SMILES string of the molecule is CCCOc1ncc(C#N)cn1. The second kappa shape index (κ2) is 4.29. The van der Waals surface area contributed by atoms with Crippen molar-refractivity contribution in [2.45, 2.75) is 13.3 Å². The maximum atomic E-state index is 8.43. The molecule has 0 amide bonds. The summed E-state index contributed by atoms with van der Waals surface area (Å²) in [5.74, 6) is 0. The summed E-state index contributed by atoms with van der Waals surface area (Å²) in [6.07, 6.45) is 3.80. The van der Waals surface area contributed by atoms with Crippen LogP contribution in [0.3, 0.4) is 0 Å². The van der Waals surface area contributed by atoms with Crippen LogP contribution in [0.2, 0.25) is 0 Å². The number of hydrogen-bond donors (Lipinski definition) is 0. The van der Waals surface area contributed by atoms with Crippen LogP contribution in [0.1, 0.15) is 18.9 Å². The van der Waals surface area contributed by atoms with E-state index in [0.29, 0.717) is 18.2 Å². The molecule has 0 spiro atoms. The molecule has 1 aromatic heterocycles. The molecule has 0 unspecified atom stereocenters. The lowest BCUT2D eigenvalue weighted by atomic mass is 10.4. The monoisotopic (exact) mass is 163 g/mol. The van der Waals surface area contributed by atoms with E-state index in [4.69, 9.17) is 10.00 Å². The Balaban J connectivity index is 2.60. The largest absolute Gasteiger partial charge is 0.463 e. The first-order valence-electron chi connectivity index (χ1n) is 3.71. The molecule has 0 saturated carbocycles. The Morgan fingerprint density at radius 1 is 1.50 bits per heavy atom. The molecule has 4 nitrogen and oxygen atoms in total. The van der Waals surface area contributed by atoms with Crippen LogP contribution in [0.4, 0.5) is 0 Å². The van der Waals surface area contributed by atoms with Crippen molar-refractivity contribution in [3.05, 3.63) is 18.0 Å². The molecule has 0 radical (unpaired) electrons. The van der Waals surface area contributed by atoms with Crippen LogP contribution in [-0.4, -0.2) is 16.6 Å². The fourth-order valence-electron chi connectivity index (χ4n) is 0.642. The van der Waals surface area contributed by atoms with E-state index in [1.165, 1.54) is 12.4 Å². The maximum Gasteiger partial charge on any atom is 0.316 e. The zero-order valence-electron chi connectivity index (χ0n) is 6.82. The molecule has 62 valence electrons. The van der Waals surface area contributed by atoms with Gasteiger partial charge in [0, 0.05) is 0 Å². The molecule has 4 heteroatoms. The van der Waals surface area contributed by atoms with Crippen molar-refractivity contribution in [1.29, 1.82) is 5.26 Å². The van der Waals surface area contributed by atoms with Crippen LogP contribution >= 0.6 is 0 Å². The summed E-state index contributed by atoms with van der Waals surface area (Å²) in [6, 6.07) is 2.26. The zero-order valence-corrected chi connectivity index (χ0v) is 6.82. The highest BCUT2D eigenvalue weighted by atomic mass is 16.5. The fraction of sp³-hybridized carbons (Fsp3) is 0.375. The minimum absolute atomic E-state index is 0.329. The Hall–Kier alpha value is -1.63. The third-order valence-electron chi connectivity index (χ3n) is 1.19. The van der Waals surface area contributed by atoms with Gasteiger partial charge in [-0.15, -0.1) is 0 Å². The molecule has 1 rings (SSSR count). The summed E-state index contributed by atoms with van der Waals surface area (Å²) in [5, 5.41) is 8.43. The number of aromatic nitrogens is 2. The molecular formula is C8H9N3O. The molecule has 0 N–H and O–H groups in total. The maximum absolute atomic E-state index is 8.43. The molecular weight excluding hydrogens is 154 g/mol. The lowest BCUT2D eigenvalue weighted by molar-refractivity contribution is 0.292. The van der Waals surface area contributed by atoms with Gasteiger partial charge >= 0.3 is 6.01 Å². The summed E-state index contributed by atoms with van der Waals surface area (Å²) in [6.45, 7) is 2.61. The standard InChI is InChI=1S/C8H9N3O/c1-2-3-12-8-10-5-7(4-9)6-11-8/h5-6H,2-3H2,1H3. The van der Waals surface area contributed by atoms with Gasteiger partial charge in [-0.05, 0) is 6.42 Å². The quantitative estimate of drug-likeness (QED) is 0.670. The van der Waals surface area contributed by atoms with Crippen LogP contribution in [-0.2, 0) is 0 Å². The molecule has 1 aromatic rings. The molecule has 0 aliphatic heterocycles. The van der Waals surface area contributed by atoms with Crippen LogP contribution in [0.15, 0.2) is 12.4 Å². The second-order valence-corrected chi connectivity index (χ2v) is 2.21. The van der Waals surface area contributed by atoms with E-state index in [2.05, 4.69) is 9.97 Å². The predicted octanol–water partition coefficient (Wildman–Crippen LogP) is 1.14. The molecule has 0 atom stereocenters. The first-order valence-corrected chi connectivity index (χ1v) is 3.71. The van der Waals surface area contributed by atoms with Crippen molar-refractivity contribution in [1.82, 2.24) is 9.97 Å². The average molecular weight is 163 g/mol. The van der Waals surface area contributed by atoms with Crippen molar-refractivity contribution in [2.24, 2.45) is 0 Å². The van der Waals surface area contributed by atoms with Crippen molar-refractivity contribution in [3.8, 4) is 12.1 Å². The molecule has 0 saturated heterocycles. The summed E-state index contributed by atoms with van der Waals surface area (Å²) in [5.41, 5.74) is 0.443.